The van der Waals surface area contributed by atoms with Crippen LogP contribution in [0.1, 0.15) is 0 Å². The van der Waals surface area contributed by atoms with Crippen LogP contribution in [0.15, 0.2) is 34.1 Å². The molecule has 0 amide bonds. The fraction of sp³-hybridized carbons (Fsp3) is 0.400. The third kappa shape index (κ3) is 3.00. The van der Waals surface area contributed by atoms with Crippen LogP contribution >= 0.6 is 0 Å². The second kappa shape index (κ2) is 5.76. The molecule has 0 saturated carbocycles. The number of benzene rings is 1. The molecule has 1 fully saturated rings. The maximum absolute atomic E-state index is 12.3. The number of rotatable bonds is 4. The fourth-order valence-electron chi connectivity index (χ4n) is 1.78. The standard InChI is InChI=1S/C10H14N2O6S2/c13-11-19(14,15)9-1-3-10(4-2-9)20(16,17)12-5-7-18-8-6-12/h1-4,11,13H,5-8H2. The van der Waals surface area contributed by atoms with Crippen LogP contribution < -0.4 is 4.89 Å². The van der Waals surface area contributed by atoms with Crippen molar-refractivity contribution in [2.45, 2.75) is 9.79 Å². The van der Waals surface area contributed by atoms with Crippen LogP contribution in [0.4, 0.5) is 0 Å². The lowest BCUT2D eigenvalue weighted by molar-refractivity contribution is 0.0730. The molecular formula is C10H14N2O6S2. The first-order valence-electron chi connectivity index (χ1n) is 5.72. The molecule has 1 aromatic carbocycles. The Morgan fingerprint density at radius 3 is 2.00 bits per heavy atom. The summed E-state index contributed by atoms with van der Waals surface area (Å²) in [7, 11) is -7.66. The predicted octanol–water partition coefficient (Wildman–Crippen LogP) is -0.625. The topological polar surface area (TPSA) is 113 Å². The van der Waals surface area contributed by atoms with Gasteiger partial charge in [-0.25, -0.2) is 16.8 Å². The third-order valence-electron chi connectivity index (χ3n) is 2.86. The van der Waals surface area contributed by atoms with E-state index < -0.39 is 20.0 Å². The molecule has 0 bridgehead atoms. The second-order valence-corrected chi connectivity index (χ2v) is 7.68. The van der Waals surface area contributed by atoms with Crippen LogP contribution in [0.3, 0.4) is 0 Å². The molecule has 0 spiro atoms. The van der Waals surface area contributed by atoms with Crippen molar-refractivity contribution in [3.63, 3.8) is 0 Å². The zero-order chi connectivity index (χ0) is 14.8. The summed E-state index contributed by atoms with van der Waals surface area (Å²) in [6, 6.07) is 4.61. The van der Waals surface area contributed by atoms with Gasteiger partial charge in [0.1, 0.15) is 0 Å². The highest BCUT2D eigenvalue weighted by Crippen LogP contribution is 2.19. The molecule has 1 saturated heterocycles. The number of hydrogen-bond acceptors (Lipinski definition) is 6. The maximum atomic E-state index is 12.3. The molecule has 0 unspecified atom stereocenters. The van der Waals surface area contributed by atoms with E-state index in [1.807, 2.05) is 0 Å². The summed E-state index contributed by atoms with van der Waals surface area (Å²) >= 11 is 0. The number of nitrogens with zero attached hydrogens (tertiary/aromatic N) is 1. The zero-order valence-corrected chi connectivity index (χ0v) is 12.0. The molecule has 1 aliphatic rings. The van der Waals surface area contributed by atoms with Gasteiger partial charge in [-0.15, -0.1) is 0 Å². The maximum Gasteiger partial charge on any atom is 0.262 e. The summed E-state index contributed by atoms with van der Waals surface area (Å²) in [6.07, 6.45) is 0. The van der Waals surface area contributed by atoms with E-state index in [0.717, 1.165) is 12.1 Å². The van der Waals surface area contributed by atoms with Crippen molar-refractivity contribution in [2.75, 3.05) is 26.3 Å². The third-order valence-corrected chi connectivity index (χ3v) is 5.91. The molecule has 1 heterocycles. The SMILES string of the molecule is O=S(=O)(NO)c1ccc(S(=O)(=O)N2CCOCC2)cc1. The number of nitrogens with one attached hydrogen (secondary N) is 1. The molecule has 112 valence electrons. The molecule has 0 aromatic heterocycles. The van der Waals surface area contributed by atoms with Crippen molar-refractivity contribution in [3.05, 3.63) is 24.3 Å². The van der Waals surface area contributed by atoms with E-state index in [1.165, 1.54) is 21.3 Å². The Hall–Kier alpha value is -1.04. The van der Waals surface area contributed by atoms with Crippen LogP contribution in [0.2, 0.25) is 0 Å². The summed E-state index contributed by atoms with van der Waals surface area (Å²) in [4.78, 5) is 0.950. The minimum Gasteiger partial charge on any atom is -0.379 e. The van der Waals surface area contributed by atoms with Gasteiger partial charge >= 0.3 is 0 Å². The average Bonchev–Trinajstić information content (AvgIpc) is 2.48. The lowest BCUT2D eigenvalue weighted by Crippen LogP contribution is -2.40. The van der Waals surface area contributed by atoms with Crippen molar-refractivity contribution < 1.29 is 26.8 Å². The number of sulfonamides is 2. The summed E-state index contributed by atoms with van der Waals surface area (Å²) in [5.74, 6) is 0. The van der Waals surface area contributed by atoms with Gasteiger partial charge < -0.3 is 9.94 Å². The van der Waals surface area contributed by atoms with E-state index in [0.29, 0.717) is 13.2 Å². The predicted molar refractivity (Wildman–Crippen MR) is 68.1 cm³/mol. The van der Waals surface area contributed by atoms with Crippen molar-refractivity contribution in [1.82, 2.24) is 9.19 Å². The largest absolute Gasteiger partial charge is 0.379 e. The van der Waals surface area contributed by atoms with Crippen LogP contribution in [-0.2, 0) is 24.8 Å². The number of morpholine rings is 1. The van der Waals surface area contributed by atoms with E-state index in [4.69, 9.17) is 9.94 Å². The van der Waals surface area contributed by atoms with Crippen LogP contribution in [0.5, 0.6) is 0 Å². The van der Waals surface area contributed by atoms with Crippen molar-refractivity contribution in [2.24, 2.45) is 0 Å². The highest BCUT2D eigenvalue weighted by molar-refractivity contribution is 7.89. The monoisotopic (exact) mass is 322 g/mol. The molecule has 2 rings (SSSR count). The first-order chi connectivity index (χ1) is 9.38. The highest BCUT2D eigenvalue weighted by Gasteiger charge is 2.26. The van der Waals surface area contributed by atoms with E-state index in [-0.39, 0.29) is 22.9 Å². The van der Waals surface area contributed by atoms with Crippen LogP contribution in [0, 0.1) is 0 Å². The Kier molecular flexibility index (Phi) is 4.42. The summed E-state index contributed by atoms with van der Waals surface area (Å²) in [5.41, 5.74) is 0. The van der Waals surface area contributed by atoms with Gasteiger partial charge in [-0.3, -0.25) is 0 Å². The Bertz CT molecular complexity index is 662. The molecule has 1 aromatic rings. The van der Waals surface area contributed by atoms with E-state index >= 15 is 0 Å². The van der Waals surface area contributed by atoms with Crippen molar-refractivity contribution >= 4 is 20.0 Å². The highest BCUT2D eigenvalue weighted by atomic mass is 32.2. The molecule has 20 heavy (non-hydrogen) atoms. The molecule has 2 N–H and O–H groups in total. The number of ether oxygens (including phenoxy) is 1. The molecule has 0 radical (unpaired) electrons. The van der Waals surface area contributed by atoms with E-state index in [1.54, 1.807) is 0 Å². The van der Waals surface area contributed by atoms with Crippen molar-refractivity contribution in [1.29, 1.82) is 0 Å². The van der Waals surface area contributed by atoms with Gasteiger partial charge in [0.15, 0.2) is 0 Å². The first kappa shape index (κ1) is 15.4. The normalized spacial score (nSPS) is 18.1. The molecular weight excluding hydrogens is 308 g/mol. The van der Waals surface area contributed by atoms with E-state index in [9.17, 15) is 16.8 Å². The van der Waals surface area contributed by atoms with E-state index in [2.05, 4.69) is 0 Å². The number of hydrogen-bond donors (Lipinski definition) is 2. The van der Waals surface area contributed by atoms with Gasteiger partial charge in [-0.05, 0) is 24.3 Å². The van der Waals surface area contributed by atoms with Gasteiger partial charge in [0.25, 0.3) is 10.0 Å². The Labute approximate surface area is 117 Å². The Morgan fingerprint density at radius 1 is 1.00 bits per heavy atom. The molecule has 10 heteroatoms. The quantitative estimate of drug-likeness (QED) is 0.714. The molecule has 0 atom stereocenters. The lowest BCUT2D eigenvalue weighted by Gasteiger charge is -2.26. The minimum atomic E-state index is -4.01. The zero-order valence-electron chi connectivity index (χ0n) is 10.4. The van der Waals surface area contributed by atoms with Gasteiger partial charge in [-0.1, -0.05) is 4.89 Å². The average molecular weight is 322 g/mol. The summed E-state index contributed by atoms with van der Waals surface area (Å²) in [5, 5.41) is 8.50. The van der Waals surface area contributed by atoms with Crippen LogP contribution in [0.25, 0.3) is 0 Å². The van der Waals surface area contributed by atoms with Gasteiger partial charge in [-0.2, -0.15) is 4.31 Å². The van der Waals surface area contributed by atoms with Gasteiger partial charge in [0.05, 0.1) is 23.0 Å². The molecule has 8 nitrogen and oxygen atoms in total. The fourth-order valence-corrected chi connectivity index (χ4v) is 3.79. The van der Waals surface area contributed by atoms with Crippen LogP contribution in [-0.4, -0.2) is 52.7 Å². The Morgan fingerprint density at radius 2 is 1.50 bits per heavy atom. The summed E-state index contributed by atoms with van der Waals surface area (Å²) < 4.78 is 53.6. The van der Waals surface area contributed by atoms with Gasteiger partial charge in [0.2, 0.25) is 10.0 Å². The van der Waals surface area contributed by atoms with Gasteiger partial charge in [0, 0.05) is 13.1 Å². The lowest BCUT2D eigenvalue weighted by atomic mass is 10.4. The Balaban J connectivity index is 2.30. The van der Waals surface area contributed by atoms with Crippen molar-refractivity contribution in [3.8, 4) is 0 Å². The smallest absolute Gasteiger partial charge is 0.262 e. The summed E-state index contributed by atoms with van der Waals surface area (Å²) in [6.45, 7) is 1.20. The molecule has 0 aliphatic carbocycles. The first-order valence-corrected chi connectivity index (χ1v) is 8.64. The minimum absolute atomic E-state index is 0.00344. The second-order valence-electron chi connectivity index (χ2n) is 4.08. The molecule has 1 aliphatic heterocycles.